The largest absolute Gasteiger partial charge is 0.341 e. The second kappa shape index (κ2) is 5.53. The maximum absolute atomic E-state index is 11.8. The lowest BCUT2D eigenvalue weighted by Gasteiger charge is -2.19. The van der Waals surface area contributed by atoms with Crippen LogP contribution >= 0.6 is 15.9 Å². The fourth-order valence-corrected chi connectivity index (χ4v) is 2.54. The van der Waals surface area contributed by atoms with Crippen LogP contribution in [-0.4, -0.2) is 22.9 Å². The van der Waals surface area contributed by atoms with Crippen LogP contribution in [0, 0.1) is 16.0 Å². The van der Waals surface area contributed by atoms with Crippen molar-refractivity contribution in [2.75, 3.05) is 12.1 Å². The van der Waals surface area contributed by atoms with Crippen molar-refractivity contribution in [2.24, 2.45) is 5.92 Å². The van der Waals surface area contributed by atoms with Gasteiger partial charge in [-0.2, -0.15) is 0 Å². The summed E-state index contributed by atoms with van der Waals surface area (Å²) in [5, 5.41) is 13.0. The predicted octanol–water partition coefficient (Wildman–Crippen LogP) is 3.21. The molecule has 0 aliphatic heterocycles. The van der Waals surface area contributed by atoms with E-state index in [1.165, 1.54) is 13.2 Å². The van der Waals surface area contributed by atoms with Gasteiger partial charge in [0.25, 0.3) is 0 Å². The Morgan fingerprint density at radius 1 is 1.50 bits per heavy atom. The lowest BCUT2D eigenvalue weighted by molar-refractivity contribution is -0.384. The molecule has 0 spiro atoms. The number of carbonyl (C=O) groups excluding carboxylic acids is 1. The van der Waals surface area contributed by atoms with Gasteiger partial charge in [-0.25, -0.2) is 14.8 Å². The van der Waals surface area contributed by atoms with Gasteiger partial charge in [0.15, 0.2) is 5.69 Å². The van der Waals surface area contributed by atoms with Crippen molar-refractivity contribution in [3.05, 3.63) is 39.0 Å². The second-order valence-corrected chi connectivity index (χ2v) is 6.01. The highest BCUT2D eigenvalue weighted by Gasteiger charge is 2.34. The van der Waals surface area contributed by atoms with Crippen molar-refractivity contribution >= 4 is 44.2 Å². The summed E-state index contributed by atoms with van der Waals surface area (Å²) in [6.45, 7) is 0. The Kier molecular flexibility index (Phi) is 3.69. The van der Waals surface area contributed by atoms with Gasteiger partial charge < -0.3 is 4.84 Å². The molecule has 0 atom stereocenters. The van der Waals surface area contributed by atoms with Gasteiger partial charge in [0.1, 0.15) is 6.20 Å². The molecule has 8 heteroatoms. The van der Waals surface area contributed by atoms with Crippen molar-refractivity contribution in [1.29, 1.82) is 0 Å². The molecule has 1 aromatic heterocycles. The number of benzene rings is 1. The Balaban J connectivity index is 2.10. The third-order valence-corrected chi connectivity index (χ3v) is 3.92. The van der Waals surface area contributed by atoms with Crippen LogP contribution in [0.4, 0.5) is 11.4 Å². The van der Waals surface area contributed by atoms with Gasteiger partial charge in [-0.15, -0.1) is 0 Å². The van der Waals surface area contributed by atoms with Crippen molar-refractivity contribution in [3.8, 4) is 0 Å². The zero-order chi connectivity index (χ0) is 15.9. The lowest BCUT2D eigenvalue weighted by Crippen LogP contribution is -2.24. The van der Waals surface area contributed by atoms with E-state index in [1.807, 2.05) is 0 Å². The fourth-order valence-electron chi connectivity index (χ4n) is 2.18. The summed E-state index contributed by atoms with van der Waals surface area (Å²) in [4.78, 5) is 31.9. The molecule has 114 valence electrons. The van der Waals surface area contributed by atoms with Crippen molar-refractivity contribution < 1.29 is 14.6 Å². The Hall–Kier alpha value is -2.22. The minimum absolute atomic E-state index is 0.0960. The lowest BCUT2D eigenvalue weighted by atomic mass is 10.1. The minimum Gasteiger partial charge on any atom is -0.341 e. The molecule has 1 saturated carbocycles. The first-order chi connectivity index (χ1) is 10.5. The van der Waals surface area contributed by atoms with E-state index in [1.54, 1.807) is 18.2 Å². The molecule has 3 rings (SSSR count). The first-order valence-corrected chi connectivity index (χ1v) is 7.45. The zero-order valence-corrected chi connectivity index (χ0v) is 13.2. The fraction of sp³-hybridized carbons (Fsp3) is 0.286. The molecule has 1 aliphatic rings. The van der Waals surface area contributed by atoms with Crippen LogP contribution in [0.1, 0.15) is 12.8 Å². The van der Waals surface area contributed by atoms with Crippen LogP contribution in [0.25, 0.3) is 10.9 Å². The highest BCUT2D eigenvalue weighted by molar-refractivity contribution is 9.10. The number of hydroxylamine groups is 1. The van der Waals surface area contributed by atoms with E-state index in [-0.39, 0.29) is 23.3 Å². The number of aromatic nitrogens is 1. The standard InChI is InChI=1S/C14H12BrN3O4/c1-17(22-14(19)8-2-3-8)13-10-6-9(15)4-5-11(10)16-7-12(13)18(20)21/h4-8H,2-3H2,1H3. The molecule has 1 aliphatic carbocycles. The number of nitrogens with zero attached hydrogens (tertiary/aromatic N) is 3. The molecule has 0 N–H and O–H groups in total. The van der Waals surface area contributed by atoms with Crippen LogP contribution in [0.5, 0.6) is 0 Å². The highest BCUT2D eigenvalue weighted by Crippen LogP contribution is 2.37. The molecular formula is C14H12BrN3O4. The SMILES string of the molecule is CN(OC(=O)C1CC1)c1c([N+](=O)[O-])cnc2ccc(Br)cc12. The topological polar surface area (TPSA) is 85.6 Å². The van der Waals surface area contributed by atoms with Gasteiger partial charge in [0, 0.05) is 16.9 Å². The quantitative estimate of drug-likeness (QED) is 0.610. The summed E-state index contributed by atoms with van der Waals surface area (Å²) in [6, 6.07) is 5.25. The normalized spacial score (nSPS) is 13.9. The van der Waals surface area contributed by atoms with Crippen LogP contribution < -0.4 is 5.06 Å². The van der Waals surface area contributed by atoms with Gasteiger partial charge in [0.2, 0.25) is 0 Å². The smallest absolute Gasteiger partial charge is 0.335 e. The predicted molar refractivity (Wildman–Crippen MR) is 83.3 cm³/mol. The second-order valence-electron chi connectivity index (χ2n) is 5.09. The van der Waals surface area contributed by atoms with E-state index >= 15 is 0 Å². The molecule has 2 aromatic rings. The summed E-state index contributed by atoms with van der Waals surface area (Å²) in [5.41, 5.74) is 0.583. The first kappa shape index (κ1) is 14.7. The molecule has 1 heterocycles. The molecule has 0 unspecified atom stereocenters. The van der Waals surface area contributed by atoms with Crippen molar-refractivity contribution in [3.63, 3.8) is 0 Å². The number of hydrogen-bond acceptors (Lipinski definition) is 6. The Morgan fingerprint density at radius 3 is 2.86 bits per heavy atom. The molecule has 1 aromatic carbocycles. The Labute approximate surface area is 134 Å². The maximum Gasteiger partial charge on any atom is 0.335 e. The first-order valence-electron chi connectivity index (χ1n) is 6.65. The molecule has 22 heavy (non-hydrogen) atoms. The summed E-state index contributed by atoms with van der Waals surface area (Å²) in [6.07, 6.45) is 2.78. The Bertz CT molecular complexity index is 776. The number of nitro groups is 1. The number of carbonyl (C=O) groups is 1. The summed E-state index contributed by atoms with van der Waals surface area (Å²) in [7, 11) is 1.49. The van der Waals surface area contributed by atoms with E-state index in [2.05, 4.69) is 20.9 Å². The van der Waals surface area contributed by atoms with Crippen molar-refractivity contribution in [1.82, 2.24) is 4.98 Å². The number of anilines is 1. The molecule has 1 fully saturated rings. The highest BCUT2D eigenvalue weighted by atomic mass is 79.9. The molecule has 7 nitrogen and oxygen atoms in total. The van der Waals surface area contributed by atoms with E-state index in [0.717, 1.165) is 22.4 Å². The number of hydrogen-bond donors (Lipinski definition) is 0. The van der Waals surface area contributed by atoms with Gasteiger partial charge in [-0.05, 0) is 31.0 Å². The third-order valence-electron chi connectivity index (χ3n) is 3.43. The van der Waals surface area contributed by atoms with Gasteiger partial charge in [-0.1, -0.05) is 15.9 Å². The molecule has 0 bridgehead atoms. The average Bonchev–Trinajstić information content (AvgIpc) is 3.30. The van der Waals surface area contributed by atoms with Crippen LogP contribution in [0.2, 0.25) is 0 Å². The van der Waals surface area contributed by atoms with Crippen molar-refractivity contribution in [2.45, 2.75) is 12.8 Å². The monoisotopic (exact) mass is 365 g/mol. The van der Waals surface area contributed by atoms with Crippen LogP contribution in [-0.2, 0) is 9.63 Å². The number of pyridine rings is 1. The molecule has 0 radical (unpaired) electrons. The average molecular weight is 366 g/mol. The Morgan fingerprint density at radius 2 is 2.23 bits per heavy atom. The number of fused-ring (bicyclic) bond motifs is 1. The molecular weight excluding hydrogens is 354 g/mol. The molecule has 0 saturated heterocycles. The van der Waals surface area contributed by atoms with Crippen LogP contribution in [0.3, 0.4) is 0 Å². The minimum atomic E-state index is -0.538. The van der Waals surface area contributed by atoms with Gasteiger partial charge in [0.05, 0.1) is 16.4 Å². The summed E-state index contributed by atoms with van der Waals surface area (Å²) in [5.74, 6) is -0.460. The number of halogens is 1. The molecule has 0 amide bonds. The van der Waals surface area contributed by atoms with Gasteiger partial charge >= 0.3 is 11.7 Å². The summed E-state index contributed by atoms with van der Waals surface area (Å²) >= 11 is 3.34. The number of rotatable bonds is 4. The van der Waals surface area contributed by atoms with Gasteiger partial charge in [-0.3, -0.25) is 10.1 Å². The van der Waals surface area contributed by atoms with Crippen LogP contribution in [0.15, 0.2) is 28.9 Å². The van der Waals surface area contributed by atoms with E-state index in [0.29, 0.717) is 10.9 Å². The summed E-state index contributed by atoms with van der Waals surface area (Å²) < 4.78 is 0.755. The maximum atomic E-state index is 11.8. The van der Waals surface area contributed by atoms with E-state index in [9.17, 15) is 14.9 Å². The van der Waals surface area contributed by atoms with E-state index in [4.69, 9.17) is 4.84 Å². The van der Waals surface area contributed by atoms with E-state index < -0.39 is 4.92 Å². The zero-order valence-electron chi connectivity index (χ0n) is 11.7. The third kappa shape index (κ3) is 2.74.